The maximum Gasteiger partial charge on any atom is 0.218 e. The highest BCUT2D eigenvalue weighted by Gasteiger charge is 2.44. The summed E-state index contributed by atoms with van der Waals surface area (Å²) in [4.78, 5) is 15.7. The van der Waals surface area contributed by atoms with Gasteiger partial charge in [-0.15, -0.1) is 0 Å². The number of ether oxygens (including phenoxy) is 1. The maximum absolute atomic E-state index is 10.9. The van der Waals surface area contributed by atoms with Crippen molar-refractivity contribution in [2.75, 3.05) is 37.7 Å². The molecule has 2 aliphatic heterocycles. The number of hydrogen-bond donors (Lipinski definition) is 1. The minimum atomic E-state index is -0.214. The van der Waals surface area contributed by atoms with Gasteiger partial charge in [0.1, 0.15) is 0 Å². The molecule has 132 valence electrons. The number of rotatable bonds is 6. The van der Waals surface area contributed by atoms with E-state index < -0.39 is 0 Å². The quantitative estimate of drug-likeness (QED) is 0.866. The van der Waals surface area contributed by atoms with Crippen LogP contribution in [0.1, 0.15) is 32.6 Å². The lowest BCUT2D eigenvalue weighted by atomic mass is 9.87. The fraction of sp³-hybridized carbons (Fsp3) is 0.632. The molecule has 5 nitrogen and oxygen atoms in total. The highest BCUT2D eigenvalue weighted by atomic mass is 16.5. The third-order valence-corrected chi connectivity index (χ3v) is 5.50. The number of nitrogens with zero attached hydrogens (tertiary/aromatic N) is 2. The van der Waals surface area contributed by atoms with Gasteiger partial charge in [-0.05, 0) is 38.3 Å². The number of para-hydroxylation sites is 1. The monoisotopic (exact) mass is 331 g/mol. The van der Waals surface area contributed by atoms with E-state index in [4.69, 9.17) is 10.5 Å². The molecule has 1 spiro atoms. The zero-order valence-electron chi connectivity index (χ0n) is 14.6. The van der Waals surface area contributed by atoms with Gasteiger partial charge in [0, 0.05) is 38.3 Å². The van der Waals surface area contributed by atoms with Gasteiger partial charge in [0.05, 0.1) is 18.2 Å². The molecular formula is C19H29N3O2. The van der Waals surface area contributed by atoms with Gasteiger partial charge in [-0.3, -0.25) is 4.79 Å². The van der Waals surface area contributed by atoms with Gasteiger partial charge in [0.15, 0.2) is 0 Å². The number of hydrogen-bond acceptors (Lipinski definition) is 4. The van der Waals surface area contributed by atoms with Gasteiger partial charge in [0.2, 0.25) is 5.91 Å². The van der Waals surface area contributed by atoms with E-state index in [1.54, 1.807) is 0 Å². The second-order valence-corrected chi connectivity index (χ2v) is 7.03. The summed E-state index contributed by atoms with van der Waals surface area (Å²) < 4.78 is 6.31. The lowest BCUT2D eigenvalue weighted by molar-refractivity contribution is -0.118. The number of carbonyl (C=O) groups is 1. The maximum atomic E-state index is 10.9. The predicted molar refractivity (Wildman–Crippen MR) is 96.0 cm³/mol. The van der Waals surface area contributed by atoms with E-state index in [9.17, 15) is 4.79 Å². The molecule has 3 rings (SSSR count). The van der Waals surface area contributed by atoms with Crippen LogP contribution in [-0.2, 0) is 9.53 Å². The van der Waals surface area contributed by atoms with Crippen molar-refractivity contribution in [2.45, 2.75) is 44.2 Å². The average molecular weight is 331 g/mol. The number of benzene rings is 1. The molecule has 0 aliphatic carbocycles. The molecule has 2 fully saturated rings. The average Bonchev–Trinajstić information content (AvgIpc) is 3.00. The molecule has 0 bridgehead atoms. The fourth-order valence-corrected chi connectivity index (χ4v) is 4.09. The Balaban J connectivity index is 1.56. The van der Waals surface area contributed by atoms with Crippen LogP contribution in [0.5, 0.6) is 0 Å². The van der Waals surface area contributed by atoms with E-state index >= 15 is 0 Å². The molecule has 5 heteroatoms. The van der Waals surface area contributed by atoms with Crippen molar-refractivity contribution in [1.82, 2.24) is 4.90 Å². The normalized spacial score (nSPS) is 23.5. The number of piperidine rings is 1. The predicted octanol–water partition coefficient (Wildman–Crippen LogP) is 2.01. The Morgan fingerprint density at radius 2 is 2.04 bits per heavy atom. The Hall–Kier alpha value is -1.59. The van der Waals surface area contributed by atoms with E-state index in [0.717, 1.165) is 52.0 Å². The van der Waals surface area contributed by atoms with Crippen LogP contribution in [-0.4, -0.2) is 55.2 Å². The Labute approximate surface area is 144 Å². The summed E-state index contributed by atoms with van der Waals surface area (Å²) in [5.74, 6) is -0.214. The van der Waals surface area contributed by atoms with Gasteiger partial charge < -0.3 is 20.3 Å². The molecule has 1 aromatic carbocycles. The van der Waals surface area contributed by atoms with Crippen LogP contribution in [0.25, 0.3) is 0 Å². The zero-order valence-corrected chi connectivity index (χ0v) is 14.6. The Bertz CT molecular complexity index is 541. The van der Waals surface area contributed by atoms with Crippen molar-refractivity contribution in [1.29, 1.82) is 0 Å². The van der Waals surface area contributed by atoms with E-state index in [2.05, 4.69) is 47.1 Å². The Kier molecular flexibility index (Phi) is 5.41. The first-order chi connectivity index (χ1) is 11.6. The van der Waals surface area contributed by atoms with Gasteiger partial charge in [-0.2, -0.15) is 0 Å². The van der Waals surface area contributed by atoms with Crippen molar-refractivity contribution in [3.05, 3.63) is 30.3 Å². The summed E-state index contributed by atoms with van der Waals surface area (Å²) in [6, 6.07) is 11.1. The van der Waals surface area contributed by atoms with Gasteiger partial charge in [-0.1, -0.05) is 18.2 Å². The van der Waals surface area contributed by atoms with Crippen LogP contribution in [0.3, 0.4) is 0 Å². The number of carbonyl (C=O) groups excluding carboxylic acids is 1. The summed E-state index contributed by atoms with van der Waals surface area (Å²) in [5, 5.41) is 0. The number of nitrogens with two attached hydrogens (primary N) is 1. The molecule has 2 saturated heterocycles. The molecule has 2 N–H and O–H groups in total. The third-order valence-electron chi connectivity index (χ3n) is 5.50. The number of anilines is 1. The van der Waals surface area contributed by atoms with Gasteiger partial charge >= 0.3 is 0 Å². The van der Waals surface area contributed by atoms with Crippen molar-refractivity contribution >= 4 is 11.6 Å². The Morgan fingerprint density at radius 3 is 2.67 bits per heavy atom. The van der Waals surface area contributed by atoms with E-state index in [1.165, 1.54) is 5.69 Å². The van der Waals surface area contributed by atoms with Gasteiger partial charge in [0.25, 0.3) is 0 Å². The van der Waals surface area contributed by atoms with E-state index in [-0.39, 0.29) is 11.5 Å². The molecule has 0 unspecified atom stereocenters. The first-order valence-electron chi connectivity index (χ1n) is 9.08. The smallest absolute Gasteiger partial charge is 0.218 e. The molecule has 2 heterocycles. The van der Waals surface area contributed by atoms with Crippen molar-refractivity contribution < 1.29 is 9.53 Å². The summed E-state index contributed by atoms with van der Waals surface area (Å²) in [6.45, 7) is 6.79. The molecule has 0 saturated carbocycles. The van der Waals surface area contributed by atoms with Crippen LogP contribution >= 0.6 is 0 Å². The molecule has 0 aromatic heterocycles. The number of amides is 1. The van der Waals surface area contributed by atoms with Crippen LogP contribution in [0.15, 0.2) is 30.3 Å². The zero-order chi connectivity index (χ0) is 17.0. The minimum absolute atomic E-state index is 0.0239. The van der Waals surface area contributed by atoms with Crippen molar-refractivity contribution in [3.8, 4) is 0 Å². The molecule has 1 atom stereocenters. The second-order valence-electron chi connectivity index (χ2n) is 7.03. The SMILES string of the molecule is CCN(c1ccccc1)[C@H]1COC2(CCN(CCC(N)=O)CC2)C1. The lowest BCUT2D eigenvalue weighted by Gasteiger charge is -2.39. The van der Waals surface area contributed by atoms with Crippen LogP contribution in [0, 0.1) is 0 Å². The van der Waals surface area contributed by atoms with Crippen LogP contribution in [0.2, 0.25) is 0 Å². The topological polar surface area (TPSA) is 58.8 Å². The van der Waals surface area contributed by atoms with Crippen molar-refractivity contribution in [2.24, 2.45) is 5.73 Å². The van der Waals surface area contributed by atoms with Crippen LogP contribution < -0.4 is 10.6 Å². The summed E-state index contributed by atoms with van der Waals surface area (Å²) in [7, 11) is 0. The second kappa shape index (κ2) is 7.53. The first-order valence-corrected chi connectivity index (χ1v) is 9.08. The summed E-state index contributed by atoms with van der Waals surface area (Å²) in [6.07, 6.45) is 3.65. The fourth-order valence-electron chi connectivity index (χ4n) is 4.09. The van der Waals surface area contributed by atoms with E-state index in [0.29, 0.717) is 12.5 Å². The highest BCUT2D eigenvalue weighted by Crippen LogP contribution is 2.38. The van der Waals surface area contributed by atoms with Crippen LogP contribution in [0.4, 0.5) is 5.69 Å². The van der Waals surface area contributed by atoms with Gasteiger partial charge in [-0.25, -0.2) is 0 Å². The van der Waals surface area contributed by atoms with Crippen molar-refractivity contribution in [3.63, 3.8) is 0 Å². The number of likely N-dealkylation sites (N-methyl/N-ethyl adjacent to an activating group) is 1. The lowest BCUT2D eigenvalue weighted by Crippen LogP contribution is -2.45. The third kappa shape index (κ3) is 3.90. The minimum Gasteiger partial charge on any atom is -0.373 e. The number of primary amides is 1. The highest BCUT2D eigenvalue weighted by molar-refractivity contribution is 5.73. The molecule has 0 radical (unpaired) electrons. The molecule has 1 amide bonds. The molecule has 1 aromatic rings. The largest absolute Gasteiger partial charge is 0.373 e. The first kappa shape index (κ1) is 17.2. The molecular weight excluding hydrogens is 302 g/mol. The number of likely N-dealkylation sites (tertiary alicyclic amines) is 1. The molecule has 24 heavy (non-hydrogen) atoms. The standard InChI is InChI=1S/C19H29N3O2/c1-2-22(16-6-4-3-5-7-16)17-14-19(24-15-17)9-12-21(13-10-19)11-8-18(20)23/h3-7,17H,2,8-15H2,1H3,(H2,20,23)/t17-/m1/s1. The summed E-state index contributed by atoms with van der Waals surface area (Å²) >= 11 is 0. The summed E-state index contributed by atoms with van der Waals surface area (Å²) in [5.41, 5.74) is 6.56. The molecule has 2 aliphatic rings. The Morgan fingerprint density at radius 1 is 1.33 bits per heavy atom. The van der Waals surface area contributed by atoms with E-state index in [1.807, 2.05) is 0 Å².